The summed E-state index contributed by atoms with van der Waals surface area (Å²) in [4.78, 5) is 24.3. The van der Waals surface area contributed by atoms with Gasteiger partial charge in [0.25, 0.3) is 5.91 Å². The molecule has 0 unspecified atom stereocenters. The third-order valence-corrected chi connectivity index (χ3v) is 5.50. The maximum Gasteiger partial charge on any atom is 0.337 e. The minimum Gasteiger partial charge on any atom is -0.465 e. The number of amides is 1. The summed E-state index contributed by atoms with van der Waals surface area (Å²) in [6, 6.07) is 14.7. The lowest BCUT2D eigenvalue weighted by molar-refractivity contribution is 0.0600. The lowest BCUT2D eigenvalue weighted by Gasteiger charge is -2.28. The largest absolute Gasteiger partial charge is 0.465 e. The van der Waals surface area contributed by atoms with Crippen molar-refractivity contribution in [3.05, 3.63) is 59.7 Å². The molecule has 0 aromatic heterocycles. The number of carbonyl (C=O) groups excluding carboxylic acids is 2. The van der Waals surface area contributed by atoms with E-state index in [4.69, 9.17) is 9.47 Å². The summed E-state index contributed by atoms with van der Waals surface area (Å²) >= 11 is 0. The zero-order valence-electron chi connectivity index (χ0n) is 16.5. The minimum absolute atomic E-state index is 0.0681. The maximum absolute atomic E-state index is 12.6. The first kappa shape index (κ1) is 20.1. The second kappa shape index (κ2) is 9.02. The molecule has 1 aliphatic carbocycles. The lowest BCUT2D eigenvalue weighted by Crippen LogP contribution is -2.38. The third-order valence-electron chi connectivity index (χ3n) is 5.50. The predicted molar refractivity (Wildman–Crippen MR) is 108 cm³/mol. The summed E-state index contributed by atoms with van der Waals surface area (Å²) in [5.74, 6) is -0.438. The van der Waals surface area contributed by atoms with Crippen LogP contribution >= 0.6 is 0 Å². The van der Waals surface area contributed by atoms with Gasteiger partial charge in [0.15, 0.2) is 0 Å². The smallest absolute Gasteiger partial charge is 0.337 e. The Morgan fingerprint density at radius 1 is 0.964 bits per heavy atom. The number of methoxy groups -OCH3 is 2. The fourth-order valence-corrected chi connectivity index (χ4v) is 3.93. The van der Waals surface area contributed by atoms with Crippen LogP contribution in [0.25, 0.3) is 11.1 Å². The average molecular weight is 381 g/mol. The Balaban J connectivity index is 1.67. The molecule has 5 heteroatoms. The molecule has 3 rings (SSSR count). The van der Waals surface area contributed by atoms with Crippen molar-refractivity contribution in [2.45, 2.75) is 25.7 Å². The van der Waals surface area contributed by atoms with Gasteiger partial charge in [0, 0.05) is 24.6 Å². The Morgan fingerprint density at radius 3 is 2.32 bits per heavy atom. The lowest BCUT2D eigenvalue weighted by atomic mass is 9.87. The zero-order chi connectivity index (χ0) is 20.0. The van der Waals surface area contributed by atoms with Gasteiger partial charge in [-0.15, -0.1) is 0 Å². The molecule has 1 aliphatic rings. The maximum atomic E-state index is 12.6. The molecular formula is C23H27NO4. The molecule has 2 aromatic rings. The van der Waals surface area contributed by atoms with Crippen molar-refractivity contribution >= 4 is 11.9 Å². The Bertz CT molecular complexity index is 823. The zero-order valence-corrected chi connectivity index (χ0v) is 16.5. The van der Waals surface area contributed by atoms with Crippen LogP contribution in [0.3, 0.4) is 0 Å². The number of esters is 1. The Hall–Kier alpha value is -2.66. The molecule has 0 atom stereocenters. The molecule has 0 saturated heterocycles. The number of carbonyl (C=O) groups is 2. The van der Waals surface area contributed by atoms with Gasteiger partial charge in [-0.25, -0.2) is 4.79 Å². The molecule has 148 valence electrons. The molecule has 28 heavy (non-hydrogen) atoms. The molecule has 1 amide bonds. The van der Waals surface area contributed by atoms with E-state index < -0.39 is 0 Å². The summed E-state index contributed by atoms with van der Waals surface area (Å²) in [7, 11) is 3.08. The van der Waals surface area contributed by atoms with E-state index in [2.05, 4.69) is 5.32 Å². The molecule has 1 fully saturated rings. The van der Waals surface area contributed by atoms with Crippen molar-refractivity contribution in [2.75, 3.05) is 27.4 Å². The molecule has 0 aliphatic heterocycles. The van der Waals surface area contributed by atoms with Gasteiger partial charge >= 0.3 is 5.97 Å². The quantitative estimate of drug-likeness (QED) is 0.734. The van der Waals surface area contributed by atoms with Crippen molar-refractivity contribution in [3.8, 4) is 11.1 Å². The highest BCUT2D eigenvalue weighted by Crippen LogP contribution is 2.37. The minimum atomic E-state index is -0.366. The first-order valence-corrected chi connectivity index (χ1v) is 9.63. The van der Waals surface area contributed by atoms with Crippen molar-refractivity contribution in [1.82, 2.24) is 5.32 Å². The van der Waals surface area contributed by atoms with Crippen molar-refractivity contribution in [2.24, 2.45) is 5.41 Å². The third kappa shape index (κ3) is 4.60. The van der Waals surface area contributed by atoms with Gasteiger partial charge < -0.3 is 14.8 Å². The van der Waals surface area contributed by atoms with E-state index in [-0.39, 0.29) is 17.3 Å². The molecule has 0 radical (unpaired) electrons. The highest BCUT2D eigenvalue weighted by atomic mass is 16.5. The summed E-state index contributed by atoms with van der Waals surface area (Å²) < 4.78 is 10.2. The first-order valence-electron chi connectivity index (χ1n) is 9.63. The van der Waals surface area contributed by atoms with Gasteiger partial charge in [-0.3, -0.25) is 4.79 Å². The predicted octanol–water partition coefficient (Wildman–Crippen LogP) is 4.08. The Morgan fingerprint density at radius 2 is 1.68 bits per heavy atom. The number of nitrogens with one attached hydrogen (secondary N) is 1. The topological polar surface area (TPSA) is 64.6 Å². The normalized spacial score (nSPS) is 15.2. The highest BCUT2D eigenvalue weighted by molar-refractivity contribution is 5.95. The Kier molecular flexibility index (Phi) is 6.47. The van der Waals surface area contributed by atoms with Crippen LogP contribution in [0.15, 0.2) is 48.5 Å². The summed E-state index contributed by atoms with van der Waals surface area (Å²) in [5, 5.41) is 3.08. The summed E-state index contributed by atoms with van der Waals surface area (Å²) in [6.45, 7) is 1.32. The number of ether oxygens (including phenoxy) is 2. The van der Waals surface area contributed by atoms with E-state index in [0.29, 0.717) is 24.3 Å². The fourth-order valence-electron chi connectivity index (χ4n) is 3.93. The van der Waals surface area contributed by atoms with Gasteiger partial charge in [0.1, 0.15) is 0 Å². The highest BCUT2D eigenvalue weighted by Gasteiger charge is 2.34. The SMILES string of the molecule is COCC1(CNC(=O)c2ccc(-c3cccc(C(=O)OC)c3)cc2)CCCC1. The molecule has 5 nitrogen and oxygen atoms in total. The molecular weight excluding hydrogens is 354 g/mol. The standard InChI is InChI=1S/C23H27NO4/c1-27-16-23(12-3-4-13-23)15-24-21(25)18-10-8-17(9-11-18)19-6-5-7-20(14-19)22(26)28-2/h5-11,14H,3-4,12-13,15-16H2,1-2H3,(H,24,25). The van der Waals surface area contributed by atoms with Crippen molar-refractivity contribution in [3.63, 3.8) is 0 Å². The van der Waals surface area contributed by atoms with Crippen molar-refractivity contribution < 1.29 is 19.1 Å². The first-order chi connectivity index (χ1) is 13.6. The number of benzene rings is 2. The van der Waals surface area contributed by atoms with Gasteiger partial charge in [0.2, 0.25) is 0 Å². The average Bonchev–Trinajstić information content (AvgIpc) is 3.20. The molecule has 1 saturated carbocycles. The molecule has 0 heterocycles. The molecule has 0 spiro atoms. The Labute approximate surface area is 166 Å². The molecule has 0 bridgehead atoms. The summed E-state index contributed by atoms with van der Waals surface area (Å²) in [6.07, 6.45) is 4.57. The van der Waals surface area contributed by atoms with Crippen LogP contribution in [0.4, 0.5) is 0 Å². The number of hydrogen-bond acceptors (Lipinski definition) is 4. The van der Waals surface area contributed by atoms with Gasteiger partial charge in [-0.1, -0.05) is 37.1 Å². The number of rotatable bonds is 7. The monoisotopic (exact) mass is 381 g/mol. The second-order valence-corrected chi connectivity index (χ2v) is 7.47. The van der Waals surface area contributed by atoms with Gasteiger partial charge in [-0.2, -0.15) is 0 Å². The van der Waals surface area contributed by atoms with Gasteiger partial charge in [-0.05, 0) is 48.2 Å². The fraction of sp³-hybridized carbons (Fsp3) is 0.391. The van der Waals surface area contributed by atoms with Crippen LogP contribution in [-0.2, 0) is 9.47 Å². The van der Waals surface area contributed by atoms with E-state index in [1.807, 2.05) is 36.4 Å². The summed E-state index contributed by atoms with van der Waals surface area (Å²) in [5.41, 5.74) is 3.03. The van der Waals surface area contributed by atoms with Crippen LogP contribution in [0.5, 0.6) is 0 Å². The van der Waals surface area contributed by atoms with Crippen LogP contribution in [0.1, 0.15) is 46.4 Å². The van der Waals surface area contributed by atoms with Crippen LogP contribution in [-0.4, -0.2) is 39.2 Å². The van der Waals surface area contributed by atoms with E-state index in [0.717, 1.165) is 24.0 Å². The second-order valence-electron chi connectivity index (χ2n) is 7.47. The molecule has 1 N–H and O–H groups in total. The molecule has 2 aromatic carbocycles. The van der Waals surface area contributed by atoms with Crippen molar-refractivity contribution in [1.29, 1.82) is 0 Å². The van der Waals surface area contributed by atoms with E-state index in [1.165, 1.54) is 20.0 Å². The number of hydrogen-bond donors (Lipinski definition) is 1. The van der Waals surface area contributed by atoms with Crippen LogP contribution in [0, 0.1) is 5.41 Å². The van der Waals surface area contributed by atoms with E-state index in [1.54, 1.807) is 19.2 Å². The van der Waals surface area contributed by atoms with Crippen LogP contribution < -0.4 is 5.32 Å². The van der Waals surface area contributed by atoms with Gasteiger partial charge in [0.05, 0.1) is 19.3 Å². The van der Waals surface area contributed by atoms with Crippen LogP contribution in [0.2, 0.25) is 0 Å². The van der Waals surface area contributed by atoms with E-state index >= 15 is 0 Å². The van der Waals surface area contributed by atoms with E-state index in [9.17, 15) is 9.59 Å².